The summed E-state index contributed by atoms with van der Waals surface area (Å²) in [4.78, 5) is 12.2. The van der Waals surface area contributed by atoms with Gasteiger partial charge in [-0.15, -0.1) is 22.7 Å². The summed E-state index contributed by atoms with van der Waals surface area (Å²) in [6.07, 6.45) is 3.68. The number of benzene rings is 1. The molecule has 2 N–H and O–H groups in total. The number of nitrogens with zero attached hydrogens (tertiary/aromatic N) is 3. The predicted molar refractivity (Wildman–Crippen MR) is 118 cm³/mol. The van der Waals surface area contributed by atoms with Crippen LogP contribution in [-0.2, 0) is 6.42 Å². The fraction of sp³-hybridized carbons (Fsp3) is 0.381. The molecule has 4 rings (SSSR count). The largest absolute Gasteiger partial charge is 0.375 e. The number of nitrogens with two attached hydrogens (primary N) is 1. The average Bonchev–Trinajstić information content (AvgIpc) is 3.35. The fourth-order valence-electron chi connectivity index (χ4n) is 3.55. The summed E-state index contributed by atoms with van der Waals surface area (Å²) in [7, 11) is 0. The maximum atomic E-state index is 5.74. The second-order valence-electron chi connectivity index (χ2n) is 6.96. The molecule has 1 aromatic carbocycles. The van der Waals surface area contributed by atoms with E-state index in [0.717, 1.165) is 25.2 Å². The van der Waals surface area contributed by atoms with Crippen LogP contribution in [0.15, 0.2) is 47.8 Å². The Kier molecular flexibility index (Phi) is 6.07. The number of piperazine rings is 1. The lowest BCUT2D eigenvalue weighted by molar-refractivity contribution is 0.253. The minimum Gasteiger partial charge on any atom is -0.375 e. The van der Waals surface area contributed by atoms with Crippen LogP contribution in [0.3, 0.4) is 0 Å². The second-order valence-corrected chi connectivity index (χ2v) is 9.02. The minimum absolute atomic E-state index is 0.646. The Morgan fingerprint density at radius 3 is 2.52 bits per heavy atom. The Morgan fingerprint density at radius 1 is 0.963 bits per heavy atom. The van der Waals surface area contributed by atoms with Gasteiger partial charge in [0.25, 0.3) is 0 Å². The molecule has 2 aromatic heterocycles. The van der Waals surface area contributed by atoms with Crippen molar-refractivity contribution >= 4 is 33.5 Å². The van der Waals surface area contributed by atoms with Crippen molar-refractivity contribution < 1.29 is 0 Å². The predicted octanol–water partition coefficient (Wildman–Crippen LogP) is 4.60. The summed E-state index contributed by atoms with van der Waals surface area (Å²) in [5.41, 5.74) is 8.11. The first kappa shape index (κ1) is 18.5. The van der Waals surface area contributed by atoms with E-state index in [9.17, 15) is 0 Å². The lowest BCUT2D eigenvalue weighted by atomic mass is 10.2. The third-order valence-electron chi connectivity index (χ3n) is 5.08. The van der Waals surface area contributed by atoms with Crippen LogP contribution in [0.1, 0.15) is 17.7 Å². The van der Waals surface area contributed by atoms with E-state index in [0.29, 0.717) is 5.13 Å². The van der Waals surface area contributed by atoms with Gasteiger partial charge in [-0.25, -0.2) is 4.98 Å². The van der Waals surface area contributed by atoms with Gasteiger partial charge in [-0.3, -0.25) is 4.90 Å². The van der Waals surface area contributed by atoms with Gasteiger partial charge in [-0.2, -0.15) is 0 Å². The van der Waals surface area contributed by atoms with Gasteiger partial charge in [0.1, 0.15) is 0 Å². The maximum Gasteiger partial charge on any atom is 0.180 e. The van der Waals surface area contributed by atoms with Crippen molar-refractivity contribution in [3.05, 3.63) is 52.7 Å². The van der Waals surface area contributed by atoms with E-state index in [-0.39, 0.29) is 0 Å². The average molecular weight is 399 g/mol. The van der Waals surface area contributed by atoms with Crippen molar-refractivity contribution in [1.82, 2.24) is 9.88 Å². The van der Waals surface area contributed by atoms with Gasteiger partial charge in [0, 0.05) is 42.1 Å². The number of para-hydroxylation sites is 1. The Labute approximate surface area is 169 Å². The molecule has 0 bridgehead atoms. The van der Waals surface area contributed by atoms with Crippen LogP contribution in [0.2, 0.25) is 0 Å². The molecule has 1 fully saturated rings. The van der Waals surface area contributed by atoms with Crippen LogP contribution < -0.4 is 10.6 Å². The van der Waals surface area contributed by atoms with E-state index in [2.05, 4.69) is 57.2 Å². The van der Waals surface area contributed by atoms with Gasteiger partial charge in [-0.05, 0) is 50.1 Å². The summed E-state index contributed by atoms with van der Waals surface area (Å²) in [6.45, 7) is 5.82. The molecule has 0 radical (unpaired) electrons. The molecule has 4 nitrogen and oxygen atoms in total. The quantitative estimate of drug-likeness (QED) is 0.591. The van der Waals surface area contributed by atoms with E-state index in [1.165, 1.54) is 59.3 Å². The zero-order valence-corrected chi connectivity index (χ0v) is 17.1. The van der Waals surface area contributed by atoms with Gasteiger partial charge >= 0.3 is 0 Å². The molecule has 1 aliphatic heterocycles. The first-order chi connectivity index (χ1) is 13.3. The maximum absolute atomic E-state index is 5.74. The van der Waals surface area contributed by atoms with Crippen LogP contribution in [0, 0.1) is 0 Å². The molecule has 1 saturated heterocycles. The zero-order chi connectivity index (χ0) is 18.5. The van der Waals surface area contributed by atoms with E-state index >= 15 is 0 Å². The summed E-state index contributed by atoms with van der Waals surface area (Å²) in [5, 5.41) is 2.69. The topological polar surface area (TPSA) is 45.4 Å². The first-order valence-electron chi connectivity index (χ1n) is 9.60. The third-order valence-corrected chi connectivity index (χ3v) is 6.92. The number of thiophene rings is 1. The molecule has 0 unspecified atom stereocenters. The molecule has 0 amide bonds. The lowest BCUT2D eigenvalue weighted by Gasteiger charge is -2.36. The van der Waals surface area contributed by atoms with E-state index in [4.69, 9.17) is 5.73 Å². The van der Waals surface area contributed by atoms with Gasteiger partial charge in [0.2, 0.25) is 0 Å². The smallest absolute Gasteiger partial charge is 0.180 e. The van der Waals surface area contributed by atoms with Crippen molar-refractivity contribution in [2.45, 2.75) is 19.3 Å². The van der Waals surface area contributed by atoms with Crippen LogP contribution in [0.4, 0.5) is 10.8 Å². The summed E-state index contributed by atoms with van der Waals surface area (Å²) in [6, 6.07) is 15.2. The highest BCUT2D eigenvalue weighted by atomic mass is 32.1. The number of thiazole rings is 1. The van der Waals surface area contributed by atoms with Crippen molar-refractivity contribution in [3.8, 4) is 10.6 Å². The second kappa shape index (κ2) is 8.87. The van der Waals surface area contributed by atoms with Crippen molar-refractivity contribution in [3.63, 3.8) is 0 Å². The Bertz CT molecular complexity index is 835. The van der Waals surface area contributed by atoms with Gasteiger partial charge in [-0.1, -0.05) is 18.2 Å². The molecule has 27 heavy (non-hydrogen) atoms. The van der Waals surface area contributed by atoms with Crippen molar-refractivity contribution in [2.24, 2.45) is 0 Å². The van der Waals surface area contributed by atoms with Crippen LogP contribution in [0.5, 0.6) is 0 Å². The van der Waals surface area contributed by atoms with Crippen LogP contribution in [0.25, 0.3) is 10.6 Å². The summed E-state index contributed by atoms with van der Waals surface area (Å²) in [5.74, 6) is 0. The molecule has 0 atom stereocenters. The number of aryl methyl sites for hydroxylation is 1. The Morgan fingerprint density at radius 2 is 1.78 bits per heavy atom. The van der Waals surface area contributed by atoms with Crippen molar-refractivity contribution in [1.29, 1.82) is 0 Å². The number of hydrogen-bond donors (Lipinski definition) is 1. The normalized spacial score (nSPS) is 15.3. The molecule has 1 aliphatic rings. The minimum atomic E-state index is 0.646. The molecule has 0 spiro atoms. The van der Waals surface area contributed by atoms with E-state index in [1.807, 2.05) is 16.7 Å². The number of unbranched alkanes of at least 4 members (excludes halogenated alkanes) is 1. The fourth-order valence-corrected chi connectivity index (χ4v) is 5.20. The zero-order valence-electron chi connectivity index (χ0n) is 15.5. The number of hydrogen-bond acceptors (Lipinski definition) is 6. The van der Waals surface area contributed by atoms with Gasteiger partial charge in [0.05, 0.1) is 10.6 Å². The molecule has 6 heteroatoms. The molecular formula is C21H26N4S2. The van der Waals surface area contributed by atoms with Crippen molar-refractivity contribution in [2.75, 3.05) is 43.4 Å². The highest BCUT2D eigenvalue weighted by Gasteiger charge is 2.16. The molecule has 0 aliphatic carbocycles. The molecule has 3 heterocycles. The van der Waals surface area contributed by atoms with Crippen LogP contribution >= 0.6 is 22.7 Å². The molecule has 0 saturated carbocycles. The number of nitrogen functional groups attached to an aromatic ring is 1. The van der Waals surface area contributed by atoms with E-state index < -0.39 is 0 Å². The van der Waals surface area contributed by atoms with E-state index in [1.54, 1.807) is 0 Å². The highest BCUT2D eigenvalue weighted by Crippen LogP contribution is 2.30. The molecular weight excluding hydrogens is 372 g/mol. The standard InChI is InChI=1S/C21H26N4S2/c22-21-23-19(16-26-21)20-10-9-18(27-20)8-4-5-11-24-12-14-25(15-13-24)17-6-2-1-3-7-17/h1-3,6-7,9-10,16H,4-5,8,11-15H2,(H2,22,23). The van der Waals surface area contributed by atoms with Gasteiger partial charge in [0.15, 0.2) is 5.13 Å². The molecule has 3 aromatic rings. The monoisotopic (exact) mass is 398 g/mol. The Balaban J connectivity index is 1.17. The molecule has 142 valence electrons. The first-order valence-corrected chi connectivity index (χ1v) is 11.3. The highest BCUT2D eigenvalue weighted by molar-refractivity contribution is 7.16. The third kappa shape index (κ3) is 4.89. The van der Waals surface area contributed by atoms with Crippen LogP contribution in [-0.4, -0.2) is 42.6 Å². The number of rotatable bonds is 7. The SMILES string of the molecule is Nc1nc(-c2ccc(CCCCN3CCN(c4ccccc4)CC3)s2)cs1. The summed E-state index contributed by atoms with van der Waals surface area (Å²) >= 11 is 3.36. The number of anilines is 2. The number of aromatic nitrogens is 1. The summed E-state index contributed by atoms with van der Waals surface area (Å²) < 4.78 is 0. The Hall–Kier alpha value is -1.89. The lowest BCUT2D eigenvalue weighted by Crippen LogP contribution is -2.46. The van der Waals surface area contributed by atoms with Gasteiger partial charge < -0.3 is 10.6 Å².